The van der Waals surface area contributed by atoms with Crippen molar-refractivity contribution in [2.24, 2.45) is 0 Å². The predicted octanol–water partition coefficient (Wildman–Crippen LogP) is 3.25. The molecule has 0 spiro atoms. The summed E-state index contributed by atoms with van der Waals surface area (Å²) in [4.78, 5) is 25.7. The summed E-state index contributed by atoms with van der Waals surface area (Å²) in [7, 11) is 1.56. The van der Waals surface area contributed by atoms with Gasteiger partial charge in [0.05, 0.1) is 12.8 Å². The van der Waals surface area contributed by atoms with Crippen LogP contribution in [0.5, 0.6) is 5.75 Å². The van der Waals surface area contributed by atoms with Gasteiger partial charge in [0, 0.05) is 13.6 Å². The molecule has 0 unspecified atom stereocenters. The van der Waals surface area contributed by atoms with E-state index in [-0.39, 0.29) is 24.1 Å². The molecule has 3 aromatic rings. The van der Waals surface area contributed by atoms with E-state index in [9.17, 15) is 9.59 Å². The van der Waals surface area contributed by atoms with E-state index in [2.05, 4.69) is 5.32 Å². The first-order valence-electron chi connectivity index (χ1n) is 8.94. The average Bonchev–Trinajstić information content (AvgIpc) is 3.26. The number of hydrogen-bond donors (Lipinski definition) is 1. The van der Waals surface area contributed by atoms with Gasteiger partial charge in [-0.05, 0) is 35.4 Å². The van der Waals surface area contributed by atoms with E-state index < -0.39 is 0 Å². The Labute approximate surface area is 163 Å². The SMILES string of the molecule is CN(CC(=O)NCc1ccccc1COc1ccccc1)C(=O)c1ccco1. The Bertz CT molecular complexity index is 907. The molecule has 144 valence electrons. The van der Waals surface area contributed by atoms with Crippen LogP contribution in [-0.2, 0) is 17.9 Å². The van der Waals surface area contributed by atoms with Crippen LogP contribution in [-0.4, -0.2) is 30.3 Å². The minimum absolute atomic E-state index is 0.0534. The van der Waals surface area contributed by atoms with E-state index in [0.29, 0.717) is 13.2 Å². The molecule has 6 nitrogen and oxygen atoms in total. The molecule has 0 fully saturated rings. The maximum absolute atomic E-state index is 12.2. The standard InChI is InChI=1S/C22H22N2O4/c1-24(22(26)20-12-7-13-27-20)15-21(25)23-14-17-8-5-6-9-18(17)16-28-19-10-3-2-4-11-19/h2-13H,14-16H2,1H3,(H,23,25). The fourth-order valence-corrected chi connectivity index (χ4v) is 2.67. The lowest BCUT2D eigenvalue weighted by Crippen LogP contribution is -2.38. The van der Waals surface area contributed by atoms with Gasteiger partial charge in [-0.1, -0.05) is 42.5 Å². The van der Waals surface area contributed by atoms with E-state index in [0.717, 1.165) is 16.9 Å². The molecule has 1 aromatic heterocycles. The predicted molar refractivity (Wildman–Crippen MR) is 105 cm³/mol. The fraction of sp³-hybridized carbons (Fsp3) is 0.182. The maximum Gasteiger partial charge on any atom is 0.289 e. The molecule has 0 bridgehead atoms. The summed E-state index contributed by atoms with van der Waals surface area (Å²) in [5.74, 6) is 0.413. The molecule has 0 radical (unpaired) electrons. The summed E-state index contributed by atoms with van der Waals surface area (Å²) in [6, 6.07) is 20.5. The largest absolute Gasteiger partial charge is 0.489 e. The van der Waals surface area contributed by atoms with E-state index in [1.165, 1.54) is 11.2 Å². The molecule has 2 aromatic carbocycles. The molecule has 0 aliphatic heterocycles. The van der Waals surface area contributed by atoms with Crippen LogP contribution >= 0.6 is 0 Å². The van der Waals surface area contributed by atoms with E-state index in [4.69, 9.17) is 9.15 Å². The molecule has 3 rings (SSSR count). The molecule has 0 saturated heterocycles. The average molecular weight is 378 g/mol. The van der Waals surface area contributed by atoms with Crippen molar-refractivity contribution in [1.29, 1.82) is 0 Å². The minimum Gasteiger partial charge on any atom is -0.489 e. The van der Waals surface area contributed by atoms with Crippen molar-refractivity contribution in [3.05, 3.63) is 89.9 Å². The quantitative estimate of drug-likeness (QED) is 0.653. The van der Waals surface area contributed by atoms with Crippen molar-refractivity contribution in [3.63, 3.8) is 0 Å². The summed E-state index contributed by atoms with van der Waals surface area (Å²) in [6.07, 6.45) is 1.43. The van der Waals surface area contributed by atoms with Gasteiger partial charge < -0.3 is 19.4 Å². The second kappa shape index (κ2) is 9.41. The first kappa shape index (κ1) is 19.2. The summed E-state index contributed by atoms with van der Waals surface area (Å²) < 4.78 is 10.9. The van der Waals surface area contributed by atoms with Crippen molar-refractivity contribution < 1.29 is 18.7 Å². The first-order chi connectivity index (χ1) is 13.6. The van der Waals surface area contributed by atoms with Gasteiger partial charge in [0.25, 0.3) is 5.91 Å². The molecular formula is C22H22N2O4. The maximum atomic E-state index is 12.2. The Morgan fingerprint density at radius 2 is 1.68 bits per heavy atom. The van der Waals surface area contributed by atoms with Crippen molar-refractivity contribution in [1.82, 2.24) is 10.2 Å². The lowest BCUT2D eigenvalue weighted by molar-refractivity contribution is -0.121. The third-order valence-corrected chi connectivity index (χ3v) is 4.19. The monoisotopic (exact) mass is 378 g/mol. The Balaban J connectivity index is 1.52. The summed E-state index contributed by atoms with van der Waals surface area (Å²) in [5, 5.41) is 2.85. The van der Waals surface area contributed by atoms with Crippen LogP contribution in [0.25, 0.3) is 0 Å². The summed E-state index contributed by atoms with van der Waals surface area (Å²) in [5.41, 5.74) is 1.96. The molecule has 1 N–H and O–H groups in total. The molecule has 2 amide bonds. The molecule has 0 aliphatic carbocycles. The smallest absolute Gasteiger partial charge is 0.289 e. The second-order valence-corrected chi connectivity index (χ2v) is 6.29. The second-order valence-electron chi connectivity index (χ2n) is 6.29. The van der Waals surface area contributed by atoms with Crippen molar-refractivity contribution >= 4 is 11.8 Å². The van der Waals surface area contributed by atoms with Gasteiger partial charge in [-0.3, -0.25) is 9.59 Å². The Morgan fingerprint density at radius 1 is 0.964 bits per heavy atom. The molecule has 0 aliphatic rings. The summed E-state index contributed by atoms with van der Waals surface area (Å²) >= 11 is 0. The number of amides is 2. The lowest BCUT2D eigenvalue weighted by atomic mass is 10.1. The highest BCUT2D eigenvalue weighted by molar-refractivity contribution is 5.94. The van der Waals surface area contributed by atoms with Gasteiger partial charge in [-0.2, -0.15) is 0 Å². The molecule has 1 heterocycles. The van der Waals surface area contributed by atoms with Gasteiger partial charge in [0.1, 0.15) is 12.4 Å². The van der Waals surface area contributed by atoms with Crippen molar-refractivity contribution in [2.45, 2.75) is 13.2 Å². The number of hydrogen-bond acceptors (Lipinski definition) is 4. The number of carbonyl (C=O) groups excluding carboxylic acids is 2. The third-order valence-electron chi connectivity index (χ3n) is 4.19. The van der Waals surface area contributed by atoms with Crippen molar-refractivity contribution in [3.8, 4) is 5.75 Å². The summed E-state index contributed by atoms with van der Waals surface area (Å²) in [6.45, 7) is 0.713. The number of ether oxygens (including phenoxy) is 1. The highest BCUT2D eigenvalue weighted by atomic mass is 16.5. The fourth-order valence-electron chi connectivity index (χ4n) is 2.67. The van der Waals surface area contributed by atoms with E-state index in [1.807, 2.05) is 54.6 Å². The molecule has 0 atom stereocenters. The number of benzene rings is 2. The van der Waals surface area contributed by atoms with Crippen LogP contribution in [0.15, 0.2) is 77.4 Å². The molecule has 28 heavy (non-hydrogen) atoms. The number of nitrogens with one attached hydrogen (secondary N) is 1. The van der Waals surface area contributed by atoms with Gasteiger partial charge in [-0.15, -0.1) is 0 Å². The highest BCUT2D eigenvalue weighted by Gasteiger charge is 2.17. The molecule has 0 saturated carbocycles. The number of furan rings is 1. The topological polar surface area (TPSA) is 71.8 Å². The van der Waals surface area contributed by atoms with E-state index in [1.54, 1.807) is 19.2 Å². The lowest BCUT2D eigenvalue weighted by Gasteiger charge is -2.16. The van der Waals surface area contributed by atoms with Gasteiger partial charge >= 0.3 is 0 Å². The zero-order chi connectivity index (χ0) is 19.8. The van der Waals surface area contributed by atoms with Crippen LogP contribution in [0, 0.1) is 0 Å². The Hall–Kier alpha value is -3.54. The number of para-hydroxylation sites is 1. The Morgan fingerprint density at radius 3 is 2.39 bits per heavy atom. The number of rotatable bonds is 8. The van der Waals surface area contributed by atoms with E-state index >= 15 is 0 Å². The first-order valence-corrected chi connectivity index (χ1v) is 8.94. The zero-order valence-electron chi connectivity index (χ0n) is 15.6. The highest BCUT2D eigenvalue weighted by Crippen LogP contribution is 2.14. The van der Waals surface area contributed by atoms with Gasteiger partial charge in [-0.25, -0.2) is 0 Å². The van der Waals surface area contributed by atoms with Gasteiger partial charge in [0.2, 0.25) is 5.91 Å². The minimum atomic E-state index is -0.336. The van der Waals surface area contributed by atoms with Crippen LogP contribution in [0.1, 0.15) is 21.7 Å². The zero-order valence-corrected chi connectivity index (χ0v) is 15.6. The van der Waals surface area contributed by atoms with Crippen LogP contribution in [0.4, 0.5) is 0 Å². The molecular weight excluding hydrogens is 356 g/mol. The van der Waals surface area contributed by atoms with Crippen LogP contribution in [0.3, 0.4) is 0 Å². The number of likely N-dealkylation sites (N-methyl/N-ethyl adjacent to an activating group) is 1. The third kappa shape index (κ3) is 5.23. The number of carbonyl (C=O) groups is 2. The Kier molecular flexibility index (Phi) is 6.46. The number of nitrogens with zero attached hydrogens (tertiary/aromatic N) is 1. The van der Waals surface area contributed by atoms with Crippen LogP contribution < -0.4 is 10.1 Å². The molecule has 6 heteroatoms. The van der Waals surface area contributed by atoms with Gasteiger partial charge in [0.15, 0.2) is 5.76 Å². The van der Waals surface area contributed by atoms with Crippen LogP contribution in [0.2, 0.25) is 0 Å². The normalized spacial score (nSPS) is 10.3. The van der Waals surface area contributed by atoms with Crippen molar-refractivity contribution in [2.75, 3.05) is 13.6 Å².